The molecule has 0 amide bonds. The SMILES string of the molecule is CCCC1(CCC)Sc2c(Br)c3c(c(Br)c2S1)SC(CCC)(CCC)S3. The van der Waals surface area contributed by atoms with Crippen molar-refractivity contribution in [2.75, 3.05) is 0 Å². The highest BCUT2D eigenvalue weighted by atomic mass is 79.9. The van der Waals surface area contributed by atoms with Gasteiger partial charge < -0.3 is 0 Å². The maximum absolute atomic E-state index is 4.04. The largest absolute Gasteiger partial charge is 0.106 e. The number of rotatable bonds is 8. The number of fused-ring (bicyclic) bond motifs is 2. The topological polar surface area (TPSA) is 0 Å². The Bertz CT molecular complexity index is 564. The summed E-state index contributed by atoms with van der Waals surface area (Å²) in [7, 11) is 0. The highest BCUT2D eigenvalue weighted by Gasteiger charge is 2.46. The fraction of sp³-hybridized carbons (Fsp3) is 0.700. The van der Waals surface area contributed by atoms with Crippen molar-refractivity contribution in [3.63, 3.8) is 0 Å². The van der Waals surface area contributed by atoms with E-state index in [9.17, 15) is 0 Å². The third kappa shape index (κ3) is 4.08. The molecule has 0 radical (unpaired) electrons. The van der Waals surface area contributed by atoms with Crippen LogP contribution < -0.4 is 0 Å². The Kier molecular flexibility index (Phi) is 7.84. The van der Waals surface area contributed by atoms with Crippen LogP contribution in [0.4, 0.5) is 0 Å². The van der Waals surface area contributed by atoms with Crippen LogP contribution in [-0.4, -0.2) is 8.16 Å². The first-order valence-corrected chi connectivity index (χ1v) is 14.6. The molecule has 0 unspecified atom stereocenters. The second-order valence-corrected chi connectivity index (χ2v) is 14.9. The van der Waals surface area contributed by atoms with Crippen LogP contribution in [0.1, 0.15) is 79.1 Å². The zero-order valence-corrected chi connectivity index (χ0v) is 22.5. The van der Waals surface area contributed by atoms with E-state index in [0.29, 0.717) is 8.16 Å². The zero-order chi connectivity index (χ0) is 18.9. The van der Waals surface area contributed by atoms with Crippen LogP contribution in [0.2, 0.25) is 0 Å². The molecule has 1 aromatic rings. The highest BCUT2D eigenvalue weighted by molar-refractivity contribution is 9.11. The molecule has 26 heavy (non-hydrogen) atoms. The molecule has 146 valence electrons. The summed E-state index contributed by atoms with van der Waals surface area (Å²) >= 11 is 16.6. The van der Waals surface area contributed by atoms with E-state index in [2.05, 4.69) is 107 Å². The molecular formula is C20H28Br2S4. The van der Waals surface area contributed by atoms with Crippen LogP contribution in [0.25, 0.3) is 0 Å². The highest BCUT2D eigenvalue weighted by Crippen LogP contribution is 2.70. The molecule has 0 N–H and O–H groups in total. The summed E-state index contributed by atoms with van der Waals surface area (Å²) in [5.74, 6) is 0. The maximum Gasteiger partial charge on any atom is 0.0706 e. The Balaban J connectivity index is 2.00. The molecule has 0 fully saturated rings. The summed E-state index contributed by atoms with van der Waals surface area (Å²) in [5.41, 5.74) is 0. The smallest absolute Gasteiger partial charge is 0.0706 e. The summed E-state index contributed by atoms with van der Waals surface area (Å²) in [5, 5.41) is 0. The van der Waals surface area contributed by atoms with Gasteiger partial charge in [0, 0.05) is 28.5 Å². The molecule has 0 bridgehead atoms. The van der Waals surface area contributed by atoms with Crippen molar-refractivity contribution in [3.8, 4) is 0 Å². The maximum atomic E-state index is 4.04. The van der Waals surface area contributed by atoms with Crippen LogP contribution >= 0.6 is 78.9 Å². The predicted molar refractivity (Wildman–Crippen MR) is 130 cm³/mol. The summed E-state index contributed by atoms with van der Waals surface area (Å²) in [6.45, 7) is 9.28. The Morgan fingerprint density at radius 1 is 0.538 bits per heavy atom. The minimum absolute atomic E-state index is 0.325. The first-order valence-electron chi connectivity index (χ1n) is 9.75. The summed E-state index contributed by atoms with van der Waals surface area (Å²) in [4.78, 5) is 5.94. The normalized spacial score (nSPS) is 19.6. The van der Waals surface area contributed by atoms with E-state index in [-0.39, 0.29) is 0 Å². The predicted octanol–water partition coefficient (Wildman–Crippen LogP) is 10.2. The van der Waals surface area contributed by atoms with E-state index in [1.807, 2.05) is 0 Å². The van der Waals surface area contributed by atoms with Crippen LogP contribution in [0.5, 0.6) is 0 Å². The Labute approximate surface area is 193 Å². The fourth-order valence-electron chi connectivity index (χ4n) is 3.94. The molecule has 0 aliphatic carbocycles. The van der Waals surface area contributed by atoms with Crippen LogP contribution in [0, 0.1) is 0 Å². The lowest BCUT2D eigenvalue weighted by molar-refractivity contribution is 0.636. The van der Waals surface area contributed by atoms with E-state index < -0.39 is 0 Å². The number of hydrogen-bond donors (Lipinski definition) is 0. The Morgan fingerprint density at radius 3 is 0.962 bits per heavy atom. The van der Waals surface area contributed by atoms with Crippen molar-refractivity contribution in [2.24, 2.45) is 0 Å². The molecule has 0 aromatic heterocycles. The fourth-order valence-corrected chi connectivity index (χ4v) is 13.7. The van der Waals surface area contributed by atoms with Crippen molar-refractivity contribution < 1.29 is 0 Å². The van der Waals surface area contributed by atoms with Gasteiger partial charge >= 0.3 is 0 Å². The van der Waals surface area contributed by atoms with Gasteiger partial charge in [0.15, 0.2) is 0 Å². The van der Waals surface area contributed by atoms with E-state index >= 15 is 0 Å². The van der Waals surface area contributed by atoms with Crippen molar-refractivity contribution in [1.29, 1.82) is 0 Å². The first-order chi connectivity index (χ1) is 12.4. The molecule has 3 rings (SSSR count). The third-order valence-electron chi connectivity index (χ3n) is 4.89. The molecule has 2 aliphatic rings. The number of benzene rings is 1. The molecule has 6 heteroatoms. The number of hydrogen-bond acceptors (Lipinski definition) is 4. The second kappa shape index (κ2) is 9.16. The Hall–Kier alpha value is 1.58. The number of thioether (sulfide) groups is 4. The van der Waals surface area contributed by atoms with Gasteiger partial charge in [-0.25, -0.2) is 0 Å². The lowest BCUT2D eigenvalue weighted by Crippen LogP contribution is -2.16. The van der Waals surface area contributed by atoms with E-state index in [0.717, 1.165) is 0 Å². The van der Waals surface area contributed by atoms with E-state index in [4.69, 9.17) is 0 Å². The zero-order valence-electron chi connectivity index (χ0n) is 16.0. The van der Waals surface area contributed by atoms with E-state index in [1.54, 1.807) is 0 Å². The van der Waals surface area contributed by atoms with Gasteiger partial charge in [0.25, 0.3) is 0 Å². The first kappa shape index (κ1) is 22.3. The molecule has 0 saturated heterocycles. The molecule has 1 aromatic carbocycles. The van der Waals surface area contributed by atoms with Crippen molar-refractivity contribution in [2.45, 2.75) is 107 Å². The number of halogens is 2. The molecule has 2 aliphatic heterocycles. The lowest BCUT2D eigenvalue weighted by Gasteiger charge is -2.27. The van der Waals surface area contributed by atoms with Gasteiger partial charge in [-0.3, -0.25) is 0 Å². The Morgan fingerprint density at radius 2 is 0.769 bits per heavy atom. The van der Waals surface area contributed by atoms with Gasteiger partial charge in [-0.05, 0) is 57.5 Å². The van der Waals surface area contributed by atoms with Gasteiger partial charge in [0.05, 0.1) is 8.16 Å². The lowest BCUT2D eigenvalue weighted by atomic mass is 10.1. The van der Waals surface area contributed by atoms with Gasteiger partial charge in [0.1, 0.15) is 0 Å². The summed E-state index contributed by atoms with van der Waals surface area (Å²) in [6, 6.07) is 0. The average Bonchev–Trinajstić information content (AvgIpc) is 3.15. The molecule has 0 spiro atoms. The minimum Gasteiger partial charge on any atom is -0.106 e. The summed E-state index contributed by atoms with van der Waals surface area (Å²) in [6.07, 6.45) is 10.1. The molecular weight excluding hydrogens is 528 g/mol. The van der Waals surface area contributed by atoms with Crippen molar-refractivity contribution >= 4 is 78.9 Å². The van der Waals surface area contributed by atoms with Gasteiger partial charge in [-0.2, -0.15) is 0 Å². The van der Waals surface area contributed by atoms with Gasteiger partial charge in [-0.1, -0.05) is 53.4 Å². The minimum atomic E-state index is 0.325. The van der Waals surface area contributed by atoms with E-state index in [1.165, 1.54) is 79.9 Å². The molecule has 0 saturated carbocycles. The quantitative estimate of drug-likeness (QED) is 0.312. The van der Waals surface area contributed by atoms with Crippen molar-refractivity contribution in [1.82, 2.24) is 0 Å². The molecule has 0 nitrogen and oxygen atoms in total. The van der Waals surface area contributed by atoms with Gasteiger partial charge in [0.2, 0.25) is 0 Å². The average molecular weight is 557 g/mol. The third-order valence-corrected chi connectivity index (χ3v) is 14.4. The summed E-state index contributed by atoms with van der Waals surface area (Å²) < 4.78 is 3.38. The van der Waals surface area contributed by atoms with Crippen LogP contribution in [0.15, 0.2) is 28.5 Å². The van der Waals surface area contributed by atoms with Gasteiger partial charge in [-0.15, -0.1) is 47.0 Å². The van der Waals surface area contributed by atoms with Crippen LogP contribution in [0.3, 0.4) is 0 Å². The monoisotopic (exact) mass is 554 g/mol. The standard InChI is InChI=1S/C20H28Br2S4/c1-5-9-19(10-6-2)23-15-13(21)17-18(14(22)16(15)24-19)26-20(25-17,11-7-3)12-8-4/h5-12H2,1-4H3. The van der Waals surface area contributed by atoms with Crippen molar-refractivity contribution in [3.05, 3.63) is 8.95 Å². The molecule has 0 atom stereocenters. The molecule has 2 heterocycles. The second-order valence-electron chi connectivity index (χ2n) is 7.17. The van der Waals surface area contributed by atoms with Crippen LogP contribution in [-0.2, 0) is 0 Å².